The van der Waals surface area contributed by atoms with Crippen LogP contribution in [0.2, 0.25) is 0 Å². The molecule has 0 aromatic heterocycles. The molecule has 2 aromatic carbocycles. The molecule has 3 rings (SSSR count). The summed E-state index contributed by atoms with van der Waals surface area (Å²) in [7, 11) is -3.97. The van der Waals surface area contributed by atoms with Crippen LogP contribution >= 0.6 is 0 Å². The van der Waals surface area contributed by atoms with Crippen molar-refractivity contribution in [2.75, 3.05) is 11.4 Å². The Kier molecular flexibility index (Phi) is 7.30. The molecule has 0 fully saturated rings. The van der Waals surface area contributed by atoms with Gasteiger partial charge in [0, 0.05) is 25.7 Å². The number of hydrogen-bond donors (Lipinski definition) is 2. The van der Waals surface area contributed by atoms with Gasteiger partial charge >= 0.3 is 0 Å². The summed E-state index contributed by atoms with van der Waals surface area (Å²) in [4.78, 5) is 26.3. The number of aryl methyl sites for hydroxylation is 1. The molecule has 0 bridgehead atoms. The Morgan fingerprint density at radius 3 is 2.44 bits per heavy atom. The maximum Gasteiger partial charge on any atom is 0.241 e. The second-order valence-corrected chi connectivity index (χ2v) is 9.97. The maximum absolute atomic E-state index is 13.1. The molecule has 172 valence electrons. The number of nitrogens with one attached hydrogen (secondary N) is 2. The highest BCUT2D eigenvalue weighted by atomic mass is 32.2. The minimum Gasteiger partial charge on any atom is -0.351 e. The topological polar surface area (TPSA) is 95.6 Å². The summed E-state index contributed by atoms with van der Waals surface area (Å²) in [5.74, 6) is -1.22. The summed E-state index contributed by atoms with van der Waals surface area (Å²) in [5, 5.41) is 2.71. The van der Waals surface area contributed by atoms with Crippen LogP contribution in [0.4, 0.5) is 10.1 Å². The van der Waals surface area contributed by atoms with Crippen LogP contribution in [0, 0.1) is 11.7 Å². The van der Waals surface area contributed by atoms with Gasteiger partial charge in [-0.15, -0.1) is 0 Å². The largest absolute Gasteiger partial charge is 0.351 e. The van der Waals surface area contributed by atoms with E-state index in [1.54, 1.807) is 43.0 Å². The molecule has 1 atom stereocenters. The lowest BCUT2D eigenvalue weighted by Gasteiger charge is -2.29. The number of rotatable bonds is 7. The standard InChI is InChI=1S/C23H28FN3O4S/c1-15(2)22(23(29)25-14-17-6-8-19(24)9-7-17)26-32(30,31)20-10-11-21-18(13-20)5-4-12-27(21)16(3)28/h6-11,13,15,22,26H,4-5,12,14H2,1-3H3,(H,25,29)/t22-/m1/s1. The van der Waals surface area contributed by atoms with Gasteiger partial charge in [0.1, 0.15) is 11.9 Å². The molecular formula is C23H28FN3O4S. The van der Waals surface area contributed by atoms with Gasteiger partial charge in [0.25, 0.3) is 0 Å². The summed E-state index contributed by atoms with van der Waals surface area (Å²) < 4.78 is 41.7. The van der Waals surface area contributed by atoms with Crippen molar-refractivity contribution in [3.8, 4) is 0 Å². The van der Waals surface area contributed by atoms with Gasteiger partial charge in [-0.05, 0) is 60.2 Å². The molecule has 1 aliphatic rings. The summed E-state index contributed by atoms with van der Waals surface area (Å²) in [5.41, 5.74) is 2.21. The number of amides is 2. The third kappa shape index (κ3) is 5.52. The second kappa shape index (κ2) is 9.79. The summed E-state index contributed by atoms with van der Waals surface area (Å²) >= 11 is 0. The Bertz CT molecular complexity index is 1100. The molecule has 1 aliphatic heterocycles. The summed E-state index contributed by atoms with van der Waals surface area (Å²) in [6, 6.07) is 9.40. The molecule has 0 radical (unpaired) electrons. The maximum atomic E-state index is 13.1. The van der Waals surface area contributed by atoms with E-state index in [4.69, 9.17) is 0 Å². The first-order valence-electron chi connectivity index (χ1n) is 10.5. The van der Waals surface area contributed by atoms with Crippen LogP contribution in [-0.4, -0.2) is 32.8 Å². The molecule has 32 heavy (non-hydrogen) atoms. The lowest BCUT2D eigenvalue weighted by molar-refractivity contribution is -0.123. The molecule has 0 saturated carbocycles. The van der Waals surface area contributed by atoms with Crippen LogP contribution in [0.5, 0.6) is 0 Å². The van der Waals surface area contributed by atoms with Crippen LogP contribution in [0.3, 0.4) is 0 Å². The van der Waals surface area contributed by atoms with Crippen molar-refractivity contribution < 1.29 is 22.4 Å². The van der Waals surface area contributed by atoms with Crippen molar-refractivity contribution in [3.05, 3.63) is 59.4 Å². The fraction of sp³-hybridized carbons (Fsp3) is 0.391. The number of fused-ring (bicyclic) bond motifs is 1. The van der Waals surface area contributed by atoms with E-state index in [9.17, 15) is 22.4 Å². The minimum atomic E-state index is -3.97. The van der Waals surface area contributed by atoms with E-state index in [1.165, 1.54) is 25.1 Å². The van der Waals surface area contributed by atoms with Crippen LogP contribution in [0.15, 0.2) is 47.4 Å². The van der Waals surface area contributed by atoms with Gasteiger partial charge in [-0.1, -0.05) is 26.0 Å². The molecule has 0 unspecified atom stereocenters. The quantitative estimate of drug-likeness (QED) is 0.663. The number of benzene rings is 2. The first-order valence-corrected chi connectivity index (χ1v) is 12.0. The third-order valence-electron chi connectivity index (χ3n) is 5.47. The van der Waals surface area contributed by atoms with E-state index in [0.29, 0.717) is 18.5 Å². The molecule has 7 nitrogen and oxygen atoms in total. The Balaban J connectivity index is 1.75. The fourth-order valence-corrected chi connectivity index (χ4v) is 5.09. The molecule has 0 aliphatic carbocycles. The number of nitrogens with zero attached hydrogens (tertiary/aromatic N) is 1. The first-order chi connectivity index (χ1) is 15.1. The van der Waals surface area contributed by atoms with Gasteiger partial charge in [-0.3, -0.25) is 9.59 Å². The molecule has 2 amide bonds. The van der Waals surface area contributed by atoms with E-state index in [0.717, 1.165) is 17.7 Å². The molecule has 2 N–H and O–H groups in total. The van der Waals surface area contributed by atoms with Crippen molar-refractivity contribution in [2.45, 2.75) is 51.1 Å². The zero-order valence-electron chi connectivity index (χ0n) is 18.4. The van der Waals surface area contributed by atoms with Gasteiger partial charge in [-0.2, -0.15) is 4.72 Å². The van der Waals surface area contributed by atoms with E-state index >= 15 is 0 Å². The molecule has 1 heterocycles. The SMILES string of the molecule is CC(=O)N1CCCc2cc(S(=O)(=O)N[C@@H](C(=O)NCc3ccc(F)cc3)C(C)C)ccc21. The predicted octanol–water partition coefficient (Wildman–Crippen LogP) is 2.74. The Hall–Kier alpha value is -2.78. The van der Waals surface area contributed by atoms with E-state index in [1.807, 2.05) is 0 Å². The van der Waals surface area contributed by atoms with Crippen molar-refractivity contribution in [3.63, 3.8) is 0 Å². The Labute approximate surface area is 188 Å². The van der Waals surface area contributed by atoms with Crippen LogP contribution in [0.25, 0.3) is 0 Å². The Morgan fingerprint density at radius 1 is 1.12 bits per heavy atom. The number of sulfonamides is 1. The van der Waals surface area contributed by atoms with Gasteiger partial charge in [-0.25, -0.2) is 12.8 Å². The molecule has 0 saturated heterocycles. The number of anilines is 1. The highest BCUT2D eigenvalue weighted by molar-refractivity contribution is 7.89. The van der Waals surface area contributed by atoms with Crippen LogP contribution in [-0.2, 0) is 32.6 Å². The summed E-state index contributed by atoms with van der Waals surface area (Å²) in [6.45, 7) is 5.75. The normalized spacial score (nSPS) is 14.7. The fourth-order valence-electron chi connectivity index (χ4n) is 3.70. The second-order valence-electron chi connectivity index (χ2n) is 8.25. The van der Waals surface area contributed by atoms with Crippen LogP contribution in [0.1, 0.15) is 38.3 Å². The number of halogens is 1. The van der Waals surface area contributed by atoms with Crippen molar-refractivity contribution in [2.24, 2.45) is 5.92 Å². The number of carbonyl (C=O) groups is 2. The average Bonchev–Trinajstić information content (AvgIpc) is 2.75. The molecule has 2 aromatic rings. The molecule has 0 spiro atoms. The van der Waals surface area contributed by atoms with E-state index in [2.05, 4.69) is 10.0 Å². The lowest BCUT2D eigenvalue weighted by atomic mass is 10.0. The van der Waals surface area contributed by atoms with Gasteiger partial charge in [0.05, 0.1) is 4.90 Å². The lowest BCUT2D eigenvalue weighted by Crippen LogP contribution is -2.49. The zero-order chi connectivity index (χ0) is 23.5. The highest BCUT2D eigenvalue weighted by Crippen LogP contribution is 2.29. The molecule has 9 heteroatoms. The highest BCUT2D eigenvalue weighted by Gasteiger charge is 2.29. The first kappa shape index (κ1) is 23.9. The van der Waals surface area contributed by atoms with Crippen LogP contribution < -0.4 is 14.9 Å². The summed E-state index contributed by atoms with van der Waals surface area (Å²) in [6.07, 6.45) is 1.43. The van der Waals surface area contributed by atoms with E-state index < -0.39 is 22.0 Å². The minimum absolute atomic E-state index is 0.0543. The smallest absolute Gasteiger partial charge is 0.241 e. The van der Waals surface area contributed by atoms with E-state index in [-0.39, 0.29) is 29.1 Å². The van der Waals surface area contributed by atoms with Crippen molar-refractivity contribution in [1.82, 2.24) is 10.0 Å². The van der Waals surface area contributed by atoms with Crippen molar-refractivity contribution >= 4 is 27.5 Å². The third-order valence-corrected chi connectivity index (χ3v) is 6.91. The predicted molar refractivity (Wildman–Crippen MR) is 120 cm³/mol. The Morgan fingerprint density at radius 2 is 1.81 bits per heavy atom. The zero-order valence-corrected chi connectivity index (χ0v) is 19.2. The van der Waals surface area contributed by atoms with Gasteiger partial charge in [0.2, 0.25) is 21.8 Å². The average molecular weight is 462 g/mol. The van der Waals surface area contributed by atoms with Gasteiger partial charge in [0.15, 0.2) is 0 Å². The number of carbonyl (C=O) groups excluding carboxylic acids is 2. The van der Waals surface area contributed by atoms with Crippen molar-refractivity contribution in [1.29, 1.82) is 0 Å². The monoisotopic (exact) mass is 461 g/mol. The molecular weight excluding hydrogens is 433 g/mol. The van der Waals surface area contributed by atoms with Gasteiger partial charge < -0.3 is 10.2 Å². The number of hydrogen-bond acceptors (Lipinski definition) is 4.